The quantitative estimate of drug-likeness (QED) is 0.861. The summed E-state index contributed by atoms with van der Waals surface area (Å²) < 4.78 is 29.2. The lowest BCUT2D eigenvalue weighted by Crippen LogP contribution is -2.44. The zero-order valence-corrected chi connectivity index (χ0v) is 12.3. The van der Waals surface area contributed by atoms with Gasteiger partial charge in [-0.15, -0.1) is 0 Å². The van der Waals surface area contributed by atoms with Crippen molar-refractivity contribution in [3.05, 3.63) is 29.8 Å². The highest BCUT2D eigenvalue weighted by Gasteiger charge is 2.41. The molecule has 1 aliphatic rings. The second-order valence-electron chi connectivity index (χ2n) is 5.81. The zero-order chi connectivity index (χ0) is 14.3. The molecule has 106 valence electrons. The van der Waals surface area contributed by atoms with E-state index in [4.69, 9.17) is 4.18 Å². The van der Waals surface area contributed by atoms with Crippen LogP contribution in [0.4, 0.5) is 0 Å². The van der Waals surface area contributed by atoms with E-state index in [1.165, 1.54) is 0 Å². The summed E-state index contributed by atoms with van der Waals surface area (Å²) in [5, 5.41) is 9.80. The number of benzene rings is 1. The first-order valence-corrected chi connectivity index (χ1v) is 7.81. The van der Waals surface area contributed by atoms with E-state index in [-0.39, 0.29) is 16.9 Å². The average molecular weight is 284 g/mol. The first-order valence-electron chi connectivity index (χ1n) is 6.41. The number of aryl methyl sites for hydroxylation is 1. The summed E-state index contributed by atoms with van der Waals surface area (Å²) in [5.74, 6) is 0.103. The Kier molecular flexibility index (Phi) is 3.73. The van der Waals surface area contributed by atoms with Crippen molar-refractivity contribution in [2.24, 2.45) is 5.92 Å². The smallest absolute Gasteiger partial charge is 0.297 e. The van der Waals surface area contributed by atoms with Gasteiger partial charge in [0.2, 0.25) is 0 Å². The molecule has 1 fully saturated rings. The Morgan fingerprint density at radius 1 is 1.21 bits per heavy atom. The van der Waals surface area contributed by atoms with Crippen molar-refractivity contribution in [3.63, 3.8) is 0 Å². The molecular formula is C14H20O4S. The Bertz CT molecular complexity index is 534. The summed E-state index contributed by atoms with van der Waals surface area (Å²) in [6.45, 7) is 5.38. The van der Waals surface area contributed by atoms with Crippen molar-refractivity contribution in [1.29, 1.82) is 0 Å². The van der Waals surface area contributed by atoms with Crippen molar-refractivity contribution in [2.75, 3.05) is 0 Å². The minimum Gasteiger partial charge on any atom is -0.390 e. The predicted octanol–water partition coefficient (Wildman–Crippen LogP) is 2.25. The van der Waals surface area contributed by atoms with Crippen LogP contribution >= 0.6 is 0 Å². The Morgan fingerprint density at radius 2 is 1.74 bits per heavy atom. The van der Waals surface area contributed by atoms with E-state index in [0.717, 1.165) is 5.56 Å². The van der Waals surface area contributed by atoms with Gasteiger partial charge < -0.3 is 5.11 Å². The summed E-state index contributed by atoms with van der Waals surface area (Å²) in [5.41, 5.74) is 0.234. The van der Waals surface area contributed by atoms with Gasteiger partial charge in [0.05, 0.1) is 16.6 Å². The minimum atomic E-state index is -3.69. The molecule has 1 aliphatic carbocycles. The Balaban J connectivity index is 1.99. The van der Waals surface area contributed by atoms with Crippen LogP contribution in [0.15, 0.2) is 29.2 Å². The normalized spacial score (nSPS) is 24.0. The molecule has 1 aromatic carbocycles. The van der Waals surface area contributed by atoms with Crippen LogP contribution in [-0.4, -0.2) is 25.2 Å². The summed E-state index contributed by atoms with van der Waals surface area (Å²) in [6.07, 6.45) is 0.839. The van der Waals surface area contributed by atoms with E-state index in [1.807, 2.05) is 6.92 Å². The van der Waals surface area contributed by atoms with Crippen molar-refractivity contribution < 1.29 is 17.7 Å². The molecule has 0 heterocycles. The van der Waals surface area contributed by atoms with Crippen molar-refractivity contribution in [2.45, 2.75) is 50.2 Å². The molecule has 5 heteroatoms. The van der Waals surface area contributed by atoms with Crippen LogP contribution in [0.2, 0.25) is 0 Å². The maximum Gasteiger partial charge on any atom is 0.297 e. The maximum absolute atomic E-state index is 12.0. The monoisotopic (exact) mass is 284 g/mol. The molecule has 1 saturated carbocycles. The molecule has 1 N–H and O–H groups in total. The van der Waals surface area contributed by atoms with Crippen LogP contribution in [0, 0.1) is 12.8 Å². The third-order valence-electron chi connectivity index (χ3n) is 3.67. The van der Waals surface area contributed by atoms with E-state index in [9.17, 15) is 13.5 Å². The third-order valence-corrected chi connectivity index (χ3v) is 5.04. The molecular weight excluding hydrogens is 264 g/mol. The third kappa shape index (κ3) is 3.35. The van der Waals surface area contributed by atoms with Crippen LogP contribution in [0.25, 0.3) is 0 Å². The maximum atomic E-state index is 12.0. The van der Waals surface area contributed by atoms with Gasteiger partial charge in [-0.1, -0.05) is 17.7 Å². The Hall–Kier alpha value is -0.910. The highest BCUT2D eigenvalue weighted by Crippen LogP contribution is 2.39. The second-order valence-corrected chi connectivity index (χ2v) is 7.38. The molecule has 1 aromatic rings. The van der Waals surface area contributed by atoms with E-state index < -0.39 is 15.7 Å². The van der Waals surface area contributed by atoms with Crippen molar-refractivity contribution in [1.82, 2.24) is 0 Å². The molecule has 4 nitrogen and oxygen atoms in total. The fraction of sp³-hybridized carbons (Fsp3) is 0.571. The second kappa shape index (κ2) is 4.89. The predicted molar refractivity (Wildman–Crippen MR) is 72.3 cm³/mol. The van der Waals surface area contributed by atoms with Gasteiger partial charge in [-0.3, -0.25) is 4.18 Å². The summed E-state index contributed by atoms with van der Waals surface area (Å²) >= 11 is 0. The highest BCUT2D eigenvalue weighted by atomic mass is 32.2. The molecule has 0 spiro atoms. The van der Waals surface area contributed by atoms with Crippen LogP contribution in [0.5, 0.6) is 0 Å². The van der Waals surface area contributed by atoms with Crippen molar-refractivity contribution >= 4 is 10.1 Å². The highest BCUT2D eigenvalue weighted by molar-refractivity contribution is 7.86. The minimum absolute atomic E-state index is 0.103. The Morgan fingerprint density at radius 3 is 2.21 bits per heavy atom. The lowest BCUT2D eigenvalue weighted by molar-refractivity contribution is -0.0657. The number of rotatable bonds is 4. The Labute approximate surface area is 114 Å². The van der Waals surface area contributed by atoms with E-state index in [2.05, 4.69) is 0 Å². The lowest BCUT2D eigenvalue weighted by Gasteiger charge is -2.41. The van der Waals surface area contributed by atoms with Gasteiger partial charge in [-0.05, 0) is 51.7 Å². The molecule has 0 radical (unpaired) electrons. The zero-order valence-electron chi connectivity index (χ0n) is 11.5. The molecule has 0 saturated heterocycles. The molecule has 0 atom stereocenters. The summed E-state index contributed by atoms with van der Waals surface area (Å²) in [4.78, 5) is 0.185. The first kappa shape index (κ1) is 14.5. The van der Waals surface area contributed by atoms with Crippen LogP contribution in [0.3, 0.4) is 0 Å². The molecule has 0 amide bonds. The van der Waals surface area contributed by atoms with Crippen LogP contribution in [0.1, 0.15) is 32.3 Å². The van der Waals surface area contributed by atoms with E-state index >= 15 is 0 Å². The van der Waals surface area contributed by atoms with Gasteiger partial charge in [0.1, 0.15) is 0 Å². The molecule has 0 aromatic heterocycles. The van der Waals surface area contributed by atoms with Gasteiger partial charge in [0, 0.05) is 0 Å². The van der Waals surface area contributed by atoms with Gasteiger partial charge in [-0.25, -0.2) is 0 Å². The average Bonchev–Trinajstić information content (AvgIpc) is 2.22. The molecule has 0 bridgehead atoms. The van der Waals surface area contributed by atoms with Crippen molar-refractivity contribution in [3.8, 4) is 0 Å². The van der Waals surface area contributed by atoms with Gasteiger partial charge in [0.25, 0.3) is 10.1 Å². The molecule has 0 unspecified atom stereocenters. The number of hydrogen-bond donors (Lipinski definition) is 1. The molecule has 2 rings (SSSR count). The first-order chi connectivity index (χ1) is 8.68. The van der Waals surface area contributed by atoms with E-state index in [0.29, 0.717) is 12.8 Å². The van der Waals surface area contributed by atoms with Crippen LogP contribution < -0.4 is 0 Å². The standard InChI is InChI=1S/C14H20O4S/c1-10-4-6-13(7-5-10)19(16,17)18-12-8-11(9-12)14(2,3)15/h4-7,11-12,15H,8-9H2,1-3H3. The summed E-state index contributed by atoms with van der Waals surface area (Å²) in [7, 11) is -3.69. The van der Waals surface area contributed by atoms with Crippen LogP contribution in [-0.2, 0) is 14.3 Å². The largest absolute Gasteiger partial charge is 0.390 e. The lowest BCUT2D eigenvalue weighted by atomic mass is 9.73. The molecule has 0 aliphatic heterocycles. The van der Waals surface area contributed by atoms with Gasteiger partial charge in [0.15, 0.2) is 0 Å². The summed E-state index contributed by atoms with van der Waals surface area (Å²) in [6, 6.07) is 6.60. The SMILES string of the molecule is Cc1ccc(S(=O)(=O)OC2CC(C(C)(C)O)C2)cc1. The number of aliphatic hydroxyl groups is 1. The fourth-order valence-corrected chi connectivity index (χ4v) is 3.26. The molecule has 19 heavy (non-hydrogen) atoms. The fourth-order valence-electron chi connectivity index (χ4n) is 2.16. The van der Waals surface area contributed by atoms with Gasteiger partial charge in [-0.2, -0.15) is 8.42 Å². The van der Waals surface area contributed by atoms with E-state index in [1.54, 1.807) is 38.1 Å². The van der Waals surface area contributed by atoms with Gasteiger partial charge >= 0.3 is 0 Å². The number of hydrogen-bond acceptors (Lipinski definition) is 4. The topological polar surface area (TPSA) is 63.6 Å².